The third kappa shape index (κ3) is 3.81. The van der Waals surface area contributed by atoms with Crippen molar-refractivity contribution in [3.63, 3.8) is 0 Å². The Bertz CT molecular complexity index is 1280. The molecule has 5 rings (SSSR count). The number of carbonyl (C=O) groups excluding carboxylic acids is 2. The van der Waals surface area contributed by atoms with Crippen molar-refractivity contribution in [2.45, 2.75) is 6.54 Å². The number of anilines is 1. The third-order valence-corrected chi connectivity index (χ3v) is 5.55. The molecule has 0 fully saturated rings. The summed E-state index contributed by atoms with van der Waals surface area (Å²) in [5.74, 6) is 1.71. The van der Waals surface area contributed by atoms with Gasteiger partial charge >= 0.3 is 0 Å². The van der Waals surface area contributed by atoms with Gasteiger partial charge in [-0.15, -0.1) is 0 Å². The second kappa shape index (κ2) is 8.86. The van der Waals surface area contributed by atoms with E-state index in [0.29, 0.717) is 53.2 Å². The zero-order valence-corrected chi connectivity index (χ0v) is 18.6. The fourth-order valence-corrected chi connectivity index (χ4v) is 3.92. The van der Waals surface area contributed by atoms with Crippen LogP contribution in [0.1, 0.15) is 11.3 Å². The first-order valence-corrected chi connectivity index (χ1v) is 10.6. The number of methoxy groups -OCH3 is 2. The molecule has 0 unspecified atom stereocenters. The zero-order chi connectivity index (χ0) is 23.7. The molecule has 9 nitrogen and oxygen atoms in total. The summed E-state index contributed by atoms with van der Waals surface area (Å²) >= 11 is 0. The van der Waals surface area contributed by atoms with Gasteiger partial charge in [-0.2, -0.15) is 0 Å². The van der Waals surface area contributed by atoms with E-state index in [2.05, 4.69) is 5.32 Å². The lowest BCUT2D eigenvalue weighted by Gasteiger charge is -2.19. The van der Waals surface area contributed by atoms with Crippen LogP contribution in [0.15, 0.2) is 64.9 Å². The second-order valence-electron chi connectivity index (χ2n) is 7.58. The average Bonchev–Trinajstić information content (AvgIpc) is 3.46. The van der Waals surface area contributed by atoms with Gasteiger partial charge in [-0.3, -0.25) is 14.5 Å². The van der Waals surface area contributed by atoms with E-state index in [0.717, 1.165) is 4.90 Å². The van der Waals surface area contributed by atoms with Crippen LogP contribution in [0, 0.1) is 0 Å². The lowest BCUT2D eigenvalue weighted by Crippen LogP contribution is -2.31. The molecule has 2 aliphatic heterocycles. The highest BCUT2D eigenvalue weighted by Gasteiger charge is 2.40. The molecular weight excluding hydrogens is 440 g/mol. The van der Waals surface area contributed by atoms with Gasteiger partial charge in [0, 0.05) is 11.8 Å². The first-order chi connectivity index (χ1) is 16.6. The Labute approximate surface area is 195 Å². The molecule has 2 aromatic carbocycles. The van der Waals surface area contributed by atoms with E-state index in [-0.39, 0.29) is 17.8 Å². The number of fused-ring (bicyclic) bond motifs is 1. The summed E-state index contributed by atoms with van der Waals surface area (Å²) in [5, 5.41) is 3.12. The van der Waals surface area contributed by atoms with Gasteiger partial charge in [-0.25, -0.2) is 0 Å². The Morgan fingerprint density at radius 1 is 0.912 bits per heavy atom. The number of ether oxygens (including phenoxy) is 4. The van der Waals surface area contributed by atoms with Crippen LogP contribution < -0.4 is 24.3 Å². The molecule has 0 saturated carbocycles. The van der Waals surface area contributed by atoms with Gasteiger partial charge in [0.15, 0.2) is 23.0 Å². The quantitative estimate of drug-likeness (QED) is 0.533. The Morgan fingerprint density at radius 3 is 2.44 bits per heavy atom. The summed E-state index contributed by atoms with van der Waals surface area (Å²) in [7, 11) is 3.04. The Balaban J connectivity index is 1.56. The van der Waals surface area contributed by atoms with Crippen molar-refractivity contribution in [3.8, 4) is 23.0 Å². The maximum atomic E-state index is 13.5. The zero-order valence-electron chi connectivity index (χ0n) is 18.6. The summed E-state index contributed by atoms with van der Waals surface area (Å²) < 4.78 is 27.3. The molecule has 34 heavy (non-hydrogen) atoms. The highest BCUT2D eigenvalue weighted by Crippen LogP contribution is 2.38. The number of nitrogens with zero attached hydrogens (tertiary/aromatic N) is 1. The van der Waals surface area contributed by atoms with E-state index in [1.54, 1.807) is 48.5 Å². The van der Waals surface area contributed by atoms with Crippen LogP contribution >= 0.6 is 0 Å². The Hall–Kier alpha value is -4.40. The van der Waals surface area contributed by atoms with Gasteiger partial charge < -0.3 is 28.7 Å². The van der Waals surface area contributed by atoms with E-state index in [1.165, 1.54) is 20.5 Å². The van der Waals surface area contributed by atoms with E-state index in [9.17, 15) is 9.59 Å². The van der Waals surface area contributed by atoms with E-state index >= 15 is 0 Å². The monoisotopic (exact) mass is 462 g/mol. The highest BCUT2D eigenvalue weighted by atomic mass is 16.6. The number of hydrogen-bond acceptors (Lipinski definition) is 8. The van der Waals surface area contributed by atoms with Crippen molar-refractivity contribution >= 4 is 23.1 Å². The maximum Gasteiger partial charge on any atom is 0.278 e. The Kier molecular flexibility index (Phi) is 5.59. The lowest BCUT2D eigenvalue weighted by molar-refractivity contribution is -0.137. The molecule has 3 aromatic rings. The minimum Gasteiger partial charge on any atom is -0.493 e. The van der Waals surface area contributed by atoms with Crippen LogP contribution in [0.5, 0.6) is 23.0 Å². The molecule has 9 heteroatoms. The number of imide groups is 1. The molecule has 3 heterocycles. The molecule has 0 spiro atoms. The van der Waals surface area contributed by atoms with Crippen molar-refractivity contribution in [3.05, 3.63) is 71.8 Å². The molecule has 1 aromatic heterocycles. The highest BCUT2D eigenvalue weighted by molar-refractivity contribution is 6.36. The van der Waals surface area contributed by atoms with Gasteiger partial charge in [-0.05, 0) is 42.0 Å². The summed E-state index contributed by atoms with van der Waals surface area (Å²) in [6.07, 6.45) is 1.50. The smallest absolute Gasteiger partial charge is 0.278 e. The number of carbonyl (C=O) groups is 2. The van der Waals surface area contributed by atoms with Crippen molar-refractivity contribution in [1.29, 1.82) is 0 Å². The maximum absolute atomic E-state index is 13.5. The summed E-state index contributed by atoms with van der Waals surface area (Å²) in [6, 6.07) is 13.7. The first kappa shape index (κ1) is 21.4. The van der Waals surface area contributed by atoms with Gasteiger partial charge in [-0.1, -0.05) is 6.07 Å². The Morgan fingerprint density at radius 2 is 1.71 bits per heavy atom. The lowest BCUT2D eigenvalue weighted by atomic mass is 10.0. The number of amides is 2. The molecule has 2 aliphatic rings. The van der Waals surface area contributed by atoms with Crippen LogP contribution in [0.3, 0.4) is 0 Å². The van der Waals surface area contributed by atoms with Crippen LogP contribution in [-0.4, -0.2) is 44.1 Å². The van der Waals surface area contributed by atoms with Gasteiger partial charge in [0.2, 0.25) is 0 Å². The number of hydrogen-bond donors (Lipinski definition) is 1. The van der Waals surface area contributed by atoms with Crippen LogP contribution in [-0.2, 0) is 16.1 Å². The predicted octanol–water partition coefficient (Wildman–Crippen LogP) is 3.46. The molecule has 0 atom stereocenters. The van der Waals surface area contributed by atoms with E-state index in [4.69, 9.17) is 23.4 Å². The summed E-state index contributed by atoms with van der Waals surface area (Å²) in [6.45, 7) is 0.918. The van der Waals surface area contributed by atoms with Crippen molar-refractivity contribution in [2.24, 2.45) is 0 Å². The molecule has 0 saturated heterocycles. The van der Waals surface area contributed by atoms with Crippen molar-refractivity contribution < 1.29 is 33.0 Å². The molecule has 174 valence electrons. The predicted molar refractivity (Wildman–Crippen MR) is 122 cm³/mol. The summed E-state index contributed by atoms with van der Waals surface area (Å²) in [4.78, 5) is 28.1. The van der Waals surface area contributed by atoms with Crippen LogP contribution in [0.2, 0.25) is 0 Å². The van der Waals surface area contributed by atoms with E-state index in [1.807, 2.05) is 0 Å². The molecule has 0 radical (unpaired) electrons. The standard InChI is InChI=1S/C25H22N2O7/c1-30-18-7-5-15(12-20(18)31-2)22-23(25(29)27(24(22)28)14-17-4-3-9-32-17)26-16-6-8-19-21(13-16)34-11-10-33-19/h3-9,12-13,26H,10-11,14H2,1-2H3. The number of benzene rings is 2. The molecular formula is C25H22N2O7. The minimum atomic E-state index is -0.471. The molecule has 1 N–H and O–H groups in total. The minimum absolute atomic E-state index is 0.00771. The average molecular weight is 462 g/mol. The first-order valence-electron chi connectivity index (χ1n) is 10.6. The fraction of sp³-hybridized carbons (Fsp3) is 0.200. The molecule has 0 bridgehead atoms. The topological polar surface area (TPSA) is 99.5 Å². The van der Waals surface area contributed by atoms with Crippen LogP contribution in [0.25, 0.3) is 5.57 Å². The van der Waals surface area contributed by atoms with Gasteiger partial charge in [0.1, 0.15) is 24.7 Å². The fourth-order valence-electron chi connectivity index (χ4n) is 3.92. The van der Waals surface area contributed by atoms with Crippen LogP contribution in [0.4, 0.5) is 5.69 Å². The third-order valence-electron chi connectivity index (χ3n) is 5.55. The SMILES string of the molecule is COc1ccc(C2=C(Nc3ccc4c(c3)OCCO4)C(=O)N(Cc3ccco3)C2=O)cc1OC. The largest absolute Gasteiger partial charge is 0.493 e. The summed E-state index contributed by atoms with van der Waals surface area (Å²) in [5.41, 5.74) is 1.45. The number of nitrogens with one attached hydrogen (secondary N) is 1. The normalized spacial score (nSPS) is 15.1. The van der Waals surface area contributed by atoms with Crippen molar-refractivity contribution in [1.82, 2.24) is 4.90 Å². The van der Waals surface area contributed by atoms with Gasteiger partial charge in [0.25, 0.3) is 11.8 Å². The second-order valence-corrected chi connectivity index (χ2v) is 7.58. The molecule has 2 amide bonds. The number of rotatable bonds is 7. The molecule has 0 aliphatic carbocycles. The van der Waals surface area contributed by atoms with Gasteiger partial charge in [0.05, 0.1) is 32.6 Å². The van der Waals surface area contributed by atoms with E-state index < -0.39 is 11.8 Å². The van der Waals surface area contributed by atoms with Crippen molar-refractivity contribution in [2.75, 3.05) is 32.8 Å². The number of furan rings is 1.